The minimum absolute atomic E-state index is 0.0319. The molecule has 18 heavy (non-hydrogen) atoms. The van der Waals surface area contributed by atoms with Crippen molar-refractivity contribution in [3.8, 4) is 5.75 Å². The molecule has 0 aromatic heterocycles. The Labute approximate surface area is 105 Å². The molecule has 4 nitrogen and oxygen atoms in total. The molecule has 1 aromatic carbocycles. The Morgan fingerprint density at radius 2 is 2.28 bits per heavy atom. The summed E-state index contributed by atoms with van der Waals surface area (Å²) in [5.41, 5.74) is -0.598. The Morgan fingerprint density at radius 3 is 2.72 bits per heavy atom. The molecule has 5 heteroatoms. The van der Waals surface area contributed by atoms with Crippen LogP contribution in [-0.2, 0) is 0 Å². The van der Waals surface area contributed by atoms with Gasteiger partial charge in [0.1, 0.15) is 11.6 Å². The second-order valence-corrected chi connectivity index (χ2v) is 4.59. The van der Waals surface area contributed by atoms with E-state index in [2.05, 4.69) is 5.32 Å². The number of hydrogen-bond acceptors (Lipinski definition) is 3. The summed E-state index contributed by atoms with van der Waals surface area (Å²) < 4.78 is 18.6. The first-order chi connectivity index (χ1) is 8.60. The smallest absolute Gasteiger partial charge is 0.254 e. The monoisotopic (exact) mass is 253 g/mol. The third kappa shape index (κ3) is 2.31. The van der Waals surface area contributed by atoms with Gasteiger partial charge in [0.25, 0.3) is 5.91 Å². The Kier molecular flexibility index (Phi) is 3.52. The molecule has 2 N–H and O–H groups in total. The van der Waals surface area contributed by atoms with Crippen molar-refractivity contribution in [2.24, 2.45) is 0 Å². The second kappa shape index (κ2) is 4.94. The zero-order valence-electron chi connectivity index (χ0n) is 10.2. The van der Waals surface area contributed by atoms with Crippen LogP contribution in [0.3, 0.4) is 0 Å². The summed E-state index contributed by atoms with van der Waals surface area (Å²) in [6.45, 7) is -0.115. The lowest BCUT2D eigenvalue weighted by molar-refractivity contribution is 0.0638. The number of ether oxygens (including phenoxy) is 1. The number of benzene rings is 1. The fourth-order valence-corrected chi connectivity index (χ4v) is 2.04. The largest absolute Gasteiger partial charge is 0.497 e. The van der Waals surface area contributed by atoms with E-state index in [4.69, 9.17) is 4.74 Å². The molecular weight excluding hydrogens is 237 g/mol. The van der Waals surface area contributed by atoms with Crippen LogP contribution in [0.4, 0.5) is 4.39 Å². The summed E-state index contributed by atoms with van der Waals surface area (Å²) in [5.74, 6) is -0.757. The molecule has 1 saturated carbocycles. The molecule has 0 unspecified atom stereocenters. The molecule has 98 valence electrons. The van der Waals surface area contributed by atoms with Gasteiger partial charge in [0.2, 0.25) is 0 Å². The van der Waals surface area contributed by atoms with Crippen molar-refractivity contribution >= 4 is 5.91 Å². The van der Waals surface area contributed by atoms with Crippen LogP contribution in [0.1, 0.15) is 29.6 Å². The van der Waals surface area contributed by atoms with E-state index < -0.39 is 17.3 Å². The van der Waals surface area contributed by atoms with Gasteiger partial charge < -0.3 is 15.2 Å². The van der Waals surface area contributed by atoms with Crippen LogP contribution in [0.15, 0.2) is 18.2 Å². The lowest BCUT2D eigenvalue weighted by Gasteiger charge is -2.40. The maximum Gasteiger partial charge on any atom is 0.254 e. The average Bonchev–Trinajstić information content (AvgIpc) is 2.33. The molecule has 1 aromatic rings. The second-order valence-electron chi connectivity index (χ2n) is 4.59. The number of aliphatic hydroxyl groups excluding tert-OH is 1. The van der Waals surface area contributed by atoms with E-state index in [1.54, 1.807) is 0 Å². The van der Waals surface area contributed by atoms with Crippen LogP contribution in [0.2, 0.25) is 0 Å². The summed E-state index contributed by atoms with van der Waals surface area (Å²) >= 11 is 0. The number of carbonyl (C=O) groups is 1. The van der Waals surface area contributed by atoms with Gasteiger partial charge in [-0.2, -0.15) is 0 Å². The number of nitrogens with one attached hydrogen (secondary N) is 1. The highest BCUT2D eigenvalue weighted by atomic mass is 19.1. The third-order valence-corrected chi connectivity index (χ3v) is 3.41. The number of rotatable bonds is 4. The zero-order chi connectivity index (χ0) is 13.2. The molecule has 0 spiro atoms. The number of carbonyl (C=O) groups excluding carboxylic acids is 1. The predicted octanol–water partition coefficient (Wildman–Crippen LogP) is 1.48. The molecule has 0 heterocycles. The number of aliphatic hydroxyl groups is 1. The van der Waals surface area contributed by atoms with Gasteiger partial charge in [-0.15, -0.1) is 0 Å². The quantitative estimate of drug-likeness (QED) is 0.854. The van der Waals surface area contributed by atoms with Gasteiger partial charge in [-0.25, -0.2) is 4.39 Å². The van der Waals surface area contributed by atoms with Gasteiger partial charge >= 0.3 is 0 Å². The highest BCUT2D eigenvalue weighted by molar-refractivity contribution is 5.95. The number of hydrogen-bond donors (Lipinski definition) is 2. The van der Waals surface area contributed by atoms with E-state index in [1.807, 2.05) is 0 Å². The lowest BCUT2D eigenvalue weighted by atomic mass is 9.77. The Bertz CT molecular complexity index is 452. The molecule has 2 rings (SSSR count). The first-order valence-electron chi connectivity index (χ1n) is 5.87. The van der Waals surface area contributed by atoms with E-state index >= 15 is 0 Å². The summed E-state index contributed by atoms with van der Waals surface area (Å²) in [5, 5.41) is 12.0. The molecule has 0 aliphatic heterocycles. The number of halogens is 1. The van der Waals surface area contributed by atoms with Crippen LogP contribution < -0.4 is 10.1 Å². The van der Waals surface area contributed by atoms with Gasteiger partial charge in [-0.3, -0.25) is 4.79 Å². The van der Waals surface area contributed by atoms with Crippen LogP contribution >= 0.6 is 0 Å². The number of methoxy groups -OCH3 is 1. The van der Waals surface area contributed by atoms with Crippen molar-refractivity contribution in [1.82, 2.24) is 5.32 Å². The van der Waals surface area contributed by atoms with Crippen molar-refractivity contribution in [3.63, 3.8) is 0 Å². The van der Waals surface area contributed by atoms with Crippen molar-refractivity contribution in [2.45, 2.75) is 24.8 Å². The van der Waals surface area contributed by atoms with Crippen LogP contribution in [-0.4, -0.2) is 30.3 Å². The zero-order valence-corrected chi connectivity index (χ0v) is 10.2. The van der Waals surface area contributed by atoms with Gasteiger partial charge in [-0.1, -0.05) is 0 Å². The predicted molar refractivity (Wildman–Crippen MR) is 64.1 cm³/mol. The third-order valence-electron chi connectivity index (χ3n) is 3.41. The molecule has 1 amide bonds. The van der Waals surface area contributed by atoms with Gasteiger partial charge in [-0.05, 0) is 31.4 Å². The van der Waals surface area contributed by atoms with Crippen LogP contribution in [0.5, 0.6) is 5.75 Å². The van der Waals surface area contributed by atoms with E-state index in [9.17, 15) is 14.3 Å². The van der Waals surface area contributed by atoms with E-state index in [0.29, 0.717) is 5.75 Å². The van der Waals surface area contributed by atoms with Crippen molar-refractivity contribution in [3.05, 3.63) is 29.6 Å². The molecule has 0 saturated heterocycles. The Hall–Kier alpha value is -1.62. The molecule has 1 fully saturated rings. The van der Waals surface area contributed by atoms with Gasteiger partial charge in [0.05, 0.1) is 24.8 Å². The Morgan fingerprint density at radius 1 is 1.56 bits per heavy atom. The normalized spacial score (nSPS) is 16.8. The SMILES string of the molecule is COc1ccc(C(=O)NC2(CO)CCC2)c(F)c1. The van der Waals surface area contributed by atoms with E-state index in [1.165, 1.54) is 25.3 Å². The highest BCUT2D eigenvalue weighted by Gasteiger charge is 2.38. The van der Waals surface area contributed by atoms with Crippen molar-refractivity contribution < 1.29 is 19.0 Å². The molecule has 0 radical (unpaired) electrons. The fraction of sp³-hybridized carbons (Fsp3) is 0.462. The fourth-order valence-electron chi connectivity index (χ4n) is 2.04. The first-order valence-corrected chi connectivity index (χ1v) is 5.87. The highest BCUT2D eigenvalue weighted by Crippen LogP contribution is 2.31. The Balaban J connectivity index is 2.14. The van der Waals surface area contributed by atoms with Crippen LogP contribution in [0, 0.1) is 5.82 Å². The summed E-state index contributed by atoms with van der Waals surface area (Å²) in [4.78, 5) is 11.9. The van der Waals surface area contributed by atoms with Gasteiger partial charge in [0, 0.05) is 6.07 Å². The maximum atomic E-state index is 13.7. The van der Waals surface area contributed by atoms with E-state index in [-0.39, 0.29) is 12.2 Å². The molecular formula is C13H16FNO3. The first kappa shape index (κ1) is 12.8. The number of amides is 1. The van der Waals surface area contributed by atoms with Crippen molar-refractivity contribution in [1.29, 1.82) is 0 Å². The topological polar surface area (TPSA) is 58.6 Å². The maximum absolute atomic E-state index is 13.7. The summed E-state index contributed by atoms with van der Waals surface area (Å²) in [6, 6.07) is 4.08. The summed E-state index contributed by atoms with van der Waals surface area (Å²) in [6.07, 6.45) is 2.42. The minimum Gasteiger partial charge on any atom is -0.497 e. The van der Waals surface area contributed by atoms with Gasteiger partial charge in [0.15, 0.2) is 0 Å². The average molecular weight is 253 g/mol. The standard InChI is InChI=1S/C13H16FNO3/c1-18-9-3-4-10(11(14)7-9)12(17)15-13(8-16)5-2-6-13/h3-4,7,16H,2,5-6,8H2,1H3,(H,15,17). The molecule has 1 aliphatic rings. The molecule has 1 aliphatic carbocycles. The molecule has 0 bridgehead atoms. The van der Waals surface area contributed by atoms with Crippen LogP contribution in [0.25, 0.3) is 0 Å². The lowest BCUT2D eigenvalue weighted by Crippen LogP contribution is -2.56. The van der Waals surface area contributed by atoms with Crippen molar-refractivity contribution in [2.75, 3.05) is 13.7 Å². The van der Waals surface area contributed by atoms with E-state index in [0.717, 1.165) is 19.3 Å². The summed E-state index contributed by atoms with van der Waals surface area (Å²) in [7, 11) is 1.43. The molecule has 0 atom stereocenters. The minimum atomic E-state index is -0.626.